The number of nitrogens with zero attached hydrogens (tertiary/aromatic N) is 3. The zero-order chi connectivity index (χ0) is 21.0. The van der Waals surface area contributed by atoms with Crippen LogP contribution in [-0.4, -0.2) is 42.1 Å². The van der Waals surface area contributed by atoms with E-state index in [2.05, 4.69) is 29.2 Å². The van der Waals surface area contributed by atoms with Crippen LogP contribution in [0.3, 0.4) is 0 Å². The molecule has 3 heterocycles. The van der Waals surface area contributed by atoms with E-state index in [0.717, 1.165) is 12.8 Å². The van der Waals surface area contributed by atoms with Crippen LogP contribution >= 0.6 is 11.6 Å². The molecule has 0 bridgehead atoms. The van der Waals surface area contributed by atoms with Gasteiger partial charge >= 0.3 is 0 Å². The molecule has 156 valence electrons. The average molecular weight is 432 g/mol. The van der Waals surface area contributed by atoms with Gasteiger partial charge in [0.25, 0.3) is 0 Å². The molecule has 2 aromatic carbocycles. The molecule has 0 aliphatic carbocycles. The first-order valence-electron chi connectivity index (χ1n) is 10.4. The molecular weight excluding hydrogens is 410 g/mol. The lowest BCUT2D eigenvalue weighted by Crippen LogP contribution is -2.11. The van der Waals surface area contributed by atoms with Crippen molar-refractivity contribution >= 4 is 23.4 Å². The first-order chi connectivity index (χ1) is 15.2. The molecule has 6 heteroatoms. The van der Waals surface area contributed by atoms with E-state index in [4.69, 9.17) is 31.1 Å². The van der Waals surface area contributed by atoms with Crippen molar-refractivity contribution in [2.24, 2.45) is 9.98 Å². The highest BCUT2D eigenvalue weighted by Crippen LogP contribution is 2.21. The highest BCUT2D eigenvalue weighted by Gasteiger charge is 2.25. The summed E-state index contributed by atoms with van der Waals surface area (Å²) in [5.74, 6) is 1.04. The van der Waals surface area contributed by atoms with E-state index in [1.807, 2.05) is 36.4 Å². The summed E-state index contributed by atoms with van der Waals surface area (Å²) >= 11 is 6.38. The Hall–Kier alpha value is -3.18. The molecule has 0 saturated heterocycles. The fourth-order valence-corrected chi connectivity index (χ4v) is 4.02. The summed E-state index contributed by atoms with van der Waals surface area (Å²) < 4.78 is 11.7. The first-order valence-corrected chi connectivity index (χ1v) is 10.8. The number of halogens is 1. The second kappa shape index (κ2) is 8.90. The Labute approximate surface area is 186 Å². The molecule has 31 heavy (non-hydrogen) atoms. The quantitative estimate of drug-likeness (QED) is 0.577. The topological polar surface area (TPSA) is 56.1 Å². The molecule has 0 saturated carbocycles. The van der Waals surface area contributed by atoms with Gasteiger partial charge in [0.1, 0.15) is 24.6 Å². The number of benzene rings is 2. The van der Waals surface area contributed by atoms with Gasteiger partial charge in [0.2, 0.25) is 11.8 Å². The summed E-state index contributed by atoms with van der Waals surface area (Å²) in [6.45, 7) is 1.06. The van der Waals surface area contributed by atoms with Crippen molar-refractivity contribution in [1.82, 2.24) is 4.98 Å². The van der Waals surface area contributed by atoms with Crippen molar-refractivity contribution in [2.75, 3.05) is 13.2 Å². The molecule has 0 unspecified atom stereocenters. The number of ether oxygens (including phenoxy) is 2. The Kier molecular flexibility index (Phi) is 5.67. The number of pyridine rings is 1. The molecule has 2 aliphatic rings. The monoisotopic (exact) mass is 431 g/mol. The SMILES string of the molecule is Clc1cc(C2=N[C@@H](Cc3ccccc3)CO2)nc(C2=N[C@@H](Cc3ccccc3)CO2)c1. The van der Waals surface area contributed by atoms with Crippen LogP contribution in [0.15, 0.2) is 82.8 Å². The average Bonchev–Trinajstić information content (AvgIpc) is 3.45. The van der Waals surface area contributed by atoms with Crippen LogP contribution < -0.4 is 0 Å². The van der Waals surface area contributed by atoms with Gasteiger partial charge in [-0.2, -0.15) is 0 Å². The van der Waals surface area contributed by atoms with E-state index < -0.39 is 0 Å². The van der Waals surface area contributed by atoms with Gasteiger partial charge < -0.3 is 9.47 Å². The summed E-state index contributed by atoms with van der Waals surface area (Å²) in [5.41, 5.74) is 3.68. The number of aromatic nitrogens is 1. The smallest absolute Gasteiger partial charge is 0.235 e. The molecule has 0 fully saturated rings. The lowest BCUT2D eigenvalue weighted by Gasteiger charge is -2.05. The van der Waals surface area contributed by atoms with E-state index >= 15 is 0 Å². The van der Waals surface area contributed by atoms with Crippen LogP contribution in [0.5, 0.6) is 0 Å². The molecular formula is C25H22ClN3O2. The van der Waals surface area contributed by atoms with E-state index in [1.54, 1.807) is 12.1 Å². The molecule has 3 aromatic rings. The van der Waals surface area contributed by atoms with Gasteiger partial charge in [-0.25, -0.2) is 15.0 Å². The third kappa shape index (κ3) is 4.78. The maximum absolute atomic E-state index is 6.38. The summed E-state index contributed by atoms with van der Waals surface area (Å²) in [5, 5.41) is 0.551. The predicted molar refractivity (Wildman–Crippen MR) is 122 cm³/mol. The molecule has 0 N–H and O–H groups in total. The predicted octanol–water partition coefficient (Wildman–Crippen LogP) is 4.51. The number of aliphatic imine (C=N–C) groups is 2. The van der Waals surface area contributed by atoms with Crippen LogP contribution in [0.25, 0.3) is 0 Å². The standard InChI is InChI=1S/C25H22ClN3O2/c26-19-13-22(24-27-20(15-30-24)11-17-7-3-1-4-8-17)29-23(14-19)25-28-21(16-31-25)12-18-9-5-2-6-10-18/h1-10,13-14,20-21H,11-12,15-16H2/t20-,21-/m0/s1. The van der Waals surface area contributed by atoms with Crippen molar-refractivity contribution in [3.8, 4) is 0 Å². The normalized spacial score (nSPS) is 20.0. The van der Waals surface area contributed by atoms with E-state index in [-0.39, 0.29) is 12.1 Å². The Morgan fingerprint density at radius 1 is 0.710 bits per heavy atom. The second-order valence-electron chi connectivity index (χ2n) is 7.73. The Bertz CT molecular complexity index is 1030. The summed E-state index contributed by atoms with van der Waals surface area (Å²) in [6.07, 6.45) is 1.66. The van der Waals surface area contributed by atoms with Gasteiger partial charge in [-0.3, -0.25) is 0 Å². The van der Waals surface area contributed by atoms with Crippen molar-refractivity contribution < 1.29 is 9.47 Å². The molecule has 2 aliphatic heterocycles. The van der Waals surface area contributed by atoms with E-state index in [1.165, 1.54) is 11.1 Å². The fraction of sp³-hybridized carbons (Fsp3) is 0.240. The number of rotatable bonds is 6. The summed E-state index contributed by atoms with van der Waals surface area (Å²) in [6, 6.07) is 24.2. The van der Waals surface area contributed by atoms with Gasteiger partial charge in [0, 0.05) is 5.02 Å². The third-order valence-electron chi connectivity index (χ3n) is 5.28. The number of hydrogen-bond donors (Lipinski definition) is 0. The highest BCUT2D eigenvalue weighted by atomic mass is 35.5. The van der Waals surface area contributed by atoms with E-state index in [0.29, 0.717) is 41.4 Å². The van der Waals surface area contributed by atoms with Gasteiger partial charge in [0.15, 0.2) is 0 Å². The minimum absolute atomic E-state index is 0.0666. The van der Waals surface area contributed by atoms with Gasteiger partial charge in [-0.1, -0.05) is 72.3 Å². The zero-order valence-corrected chi connectivity index (χ0v) is 17.7. The molecule has 0 amide bonds. The lowest BCUT2D eigenvalue weighted by atomic mass is 10.1. The Morgan fingerprint density at radius 3 is 1.61 bits per heavy atom. The highest BCUT2D eigenvalue weighted by molar-refractivity contribution is 6.31. The number of hydrogen-bond acceptors (Lipinski definition) is 5. The molecule has 0 spiro atoms. The van der Waals surface area contributed by atoms with Crippen LogP contribution in [0.2, 0.25) is 5.02 Å². The molecule has 1 aromatic heterocycles. The van der Waals surface area contributed by atoms with Crippen molar-refractivity contribution in [2.45, 2.75) is 24.9 Å². The molecule has 5 nitrogen and oxygen atoms in total. The fourth-order valence-electron chi connectivity index (χ4n) is 3.81. The summed E-state index contributed by atoms with van der Waals surface area (Å²) in [4.78, 5) is 14.1. The van der Waals surface area contributed by atoms with Gasteiger partial charge in [-0.05, 0) is 36.1 Å². The molecule has 2 atom stereocenters. The largest absolute Gasteiger partial charge is 0.474 e. The summed E-state index contributed by atoms with van der Waals surface area (Å²) in [7, 11) is 0. The Morgan fingerprint density at radius 2 is 1.16 bits per heavy atom. The van der Waals surface area contributed by atoms with Crippen LogP contribution in [0.1, 0.15) is 22.5 Å². The van der Waals surface area contributed by atoms with Gasteiger partial charge in [-0.15, -0.1) is 0 Å². The minimum atomic E-state index is 0.0666. The molecule has 0 radical (unpaired) electrons. The minimum Gasteiger partial charge on any atom is -0.474 e. The maximum Gasteiger partial charge on any atom is 0.235 e. The van der Waals surface area contributed by atoms with Crippen molar-refractivity contribution in [3.63, 3.8) is 0 Å². The van der Waals surface area contributed by atoms with Crippen LogP contribution in [0.4, 0.5) is 0 Å². The lowest BCUT2D eigenvalue weighted by molar-refractivity contribution is 0.314. The second-order valence-corrected chi connectivity index (χ2v) is 8.17. The maximum atomic E-state index is 6.38. The Balaban J connectivity index is 1.33. The van der Waals surface area contributed by atoms with Crippen molar-refractivity contribution in [1.29, 1.82) is 0 Å². The van der Waals surface area contributed by atoms with E-state index in [9.17, 15) is 0 Å². The van der Waals surface area contributed by atoms with Crippen molar-refractivity contribution in [3.05, 3.63) is 100 Å². The first kappa shape index (κ1) is 19.8. The van der Waals surface area contributed by atoms with Crippen LogP contribution in [0, 0.1) is 0 Å². The third-order valence-corrected chi connectivity index (χ3v) is 5.50. The van der Waals surface area contributed by atoms with Gasteiger partial charge in [0.05, 0.1) is 12.1 Å². The zero-order valence-electron chi connectivity index (χ0n) is 16.9. The molecule has 5 rings (SSSR count). The van der Waals surface area contributed by atoms with Crippen LogP contribution in [-0.2, 0) is 22.3 Å².